The summed E-state index contributed by atoms with van der Waals surface area (Å²) < 4.78 is 75.3. The van der Waals surface area contributed by atoms with Gasteiger partial charge in [-0.2, -0.15) is 26.6 Å². The topological polar surface area (TPSA) is 133 Å². The second-order valence-corrected chi connectivity index (χ2v) is 10.8. The molecule has 14 heteroatoms. The Kier molecular flexibility index (Phi) is 7.41. The monoisotopic (exact) mass is 581 g/mol. The summed E-state index contributed by atoms with van der Waals surface area (Å²) in [6.45, 7) is 3.64. The van der Waals surface area contributed by atoms with E-state index in [1.807, 2.05) is 13.8 Å². The highest BCUT2D eigenvalue weighted by Gasteiger charge is 2.36. The van der Waals surface area contributed by atoms with Crippen LogP contribution in [0, 0.1) is 0 Å². The van der Waals surface area contributed by atoms with Crippen molar-refractivity contribution in [1.29, 1.82) is 0 Å². The number of alkyl halides is 3. The first kappa shape index (κ1) is 28.0. The number of para-hydroxylation sites is 1. The molecule has 0 atom stereocenters. The Morgan fingerprint density at radius 3 is 2.28 bits per heavy atom. The molecular weight excluding hydrogens is 559 g/mol. The van der Waals surface area contributed by atoms with E-state index in [4.69, 9.17) is 32.0 Å². The minimum atomic E-state index is -4.78. The van der Waals surface area contributed by atoms with Gasteiger partial charge in [-0.3, -0.25) is 4.90 Å². The van der Waals surface area contributed by atoms with E-state index in [1.165, 1.54) is 30.3 Å². The molecule has 4 N–H and O–H groups in total. The van der Waals surface area contributed by atoms with Crippen LogP contribution in [0.1, 0.15) is 25.0 Å². The zero-order chi connectivity index (χ0) is 28.6. The van der Waals surface area contributed by atoms with Gasteiger partial charge in [-0.1, -0.05) is 35.9 Å². The molecule has 206 valence electrons. The maximum absolute atomic E-state index is 13.2. The molecule has 0 spiro atoms. The van der Waals surface area contributed by atoms with Gasteiger partial charge in [-0.05, 0) is 61.9 Å². The molecule has 1 aliphatic rings. The fraction of sp³-hybridized carbons (Fsp3) is 0.200. The van der Waals surface area contributed by atoms with Gasteiger partial charge in [0.1, 0.15) is 22.9 Å². The predicted octanol–water partition coefficient (Wildman–Crippen LogP) is 4.89. The van der Waals surface area contributed by atoms with Crippen LogP contribution in [0.2, 0.25) is 5.02 Å². The van der Waals surface area contributed by atoms with Crippen LogP contribution in [0.3, 0.4) is 0 Å². The van der Waals surface area contributed by atoms with Crippen LogP contribution < -0.4 is 25.3 Å². The molecule has 0 aromatic heterocycles. The molecular formula is C25H23ClF3N5O4S. The molecule has 0 amide bonds. The lowest BCUT2D eigenvalue weighted by Crippen LogP contribution is -2.54. The zero-order valence-electron chi connectivity index (χ0n) is 20.6. The Hall–Kier alpha value is -3.97. The van der Waals surface area contributed by atoms with E-state index in [0.29, 0.717) is 17.0 Å². The lowest BCUT2D eigenvalue weighted by atomic mass is 10.1. The van der Waals surface area contributed by atoms with Gasteiger partial charge in [0.25, 0.3) is 0 Å². The molecule has 0 bridgehead atoms. The summed E-state index contributed by atoms with van der Waals surface area (Å²) in [6.07, 6.45) is -4.78. The van der Waals surface area contributed by atoms with E-state index in [2.05, 4.69) is 9.98 Å². The normalized spacial score (nSPS) is 15.4. The fourth-order valence-corrected chi connectivity index (χ4v) is 5.03. The van der Waals surface area contributed by atoms with Gasteiger partial charge in [0.2, 0.25) is 11.9 Å². The fourth-order valence-electron chi connectivity index (χ4n) is 3.85. The van der Waals surface area contributed by atoms with Crippen molar-refractivity contribution in [2.75, 3.05) is 4.90 Å². The largest absolute Gasteiger partial charge is 0.487 e. The number of anilines is 1. The van der Waals surface area contributed by atoms with Crippen molar-refractivity contribution in [1.82, 2.24) is 0 Å². The molecule has 39 heavy (non-hydrogen) atoms. The lowest BCUT2D eigenvalue weighted by molar-refractivity contribution is -0.138. The third kappa shape index (κ3) is 6.20. The van der Waals surface area contributed by atoms with E-state index in [9.17, 15) is 21.6 Å². The van der Waals surface area contributed by atoms with E-state index in [-0.39, 0.29) is 28.4 Å². The van der Waals surface area contributed by atoms with E-state index < -0.39 is 33.3 Å². The first-order valence-corrected chi connectivity index (χ1v) is 13.1. The van der Waals surface area contributed by atoms with Crippen molar-refractivity contribution < 1.29 is 30.5 Å². The first-order chi connectivity index (χ1) is 18.2. The summed E-state index contributed by atoms with van der Waals surface area (Å²) in [5.41, 5.74) is 10.9. The molecule has 1 heterocycles. The molecule has 0 fully saturated rings. The second kappa shape index (κ2) is 10.3. The van der Waals surface area contributed by atoms with Crippen molar-refractivity contribution in [3.8, 4) is 11.5 Å². The average Bonchev–Trinajstić information content (AvgIpc) is 2.82. The number of ether oxygens (including phenoxy) is 1. The number of rotatable bonds is 7. The number of hydrogen-bond acceptors (Lipinski definition) is 9. The number of nitrogens with two attached hydrogens (primary N) is 2. The maximum Gasteiger partial charge on any atom is 0.420 e. The van der Waals surface area contributed by atoms with Crippen LogP contribution in [-0.4, -0.2) is 26.0 Å². The van der Waals surface area contributed by atoms with Gasteiger partial charge in [0, 0.05) is 5.69 Å². The Morgan fingerprint density at radius 1 is 1.00 bits per heavy atom. The highest BCUT2D eigenvalue weighted by Crippen LogP contribution is 2.37. The van der Waals surface area contributed by atoms with Crippen LogP contribution in [0.25, 0.3) is 0 Å². The Labute approximate surface area is 227 Å². The second-order valence-electron chi connectivity index (χ2n) is 8.85. The molecule has 0 saturated heterocycles. The zero-order valence-corrected chi connectivity index (χ0v) is 22.2. The minimum absolute atomic E-state index is 0.0246. The standard InChI is InChI=1S/C25H23ClF3N5O4S/c1-24(2)33-22(30)32-23(31)34(24)16-9-12-21(19(26)13-16)37-14-15-7-10-17(11-8-15)39(35,36)38-20-6-4-3-5-18(20)25(27,28)29/h3-13H,14H2,1-2H3,(H4,30,31,32,33). The quantitative estimate of drug-likeness (QED) is 0.380. The van der Waals surface area contributed by atoms with Gasteiger partial charge in [-0.15, -0.1) is 0 Å². The molecule has 0 radical (unpaired) electrons. The molecule has 0 unspecified atom stereocenters. The smallest absolute Gasteiger partial charge is 0.420 e. The third-order valence-corrected chi connectivity index (χ3v) is 7.11. The van der Waals surface area contributed by atoms with Crippen LogP contribution in [0.5, 0.6) is 11.5 Å². The van der Waals surface area contributed by atoms with E-state index in [1.54, 1.807) is 23.1 Å². The molecule has 0 aliphatic carbocycles. The van der Waals surface area contributed by atoms with Crippen molar-refractivity contribution in [3.05, 3.63) is 82.9 Å². The van der Waals surface area contributed by atoms with Gasteiger partial charge in [0.15, 0.2) is 5.75 Å². The minimum Gasteiger partial charge on any atom is -0.487 e. The Morgan fingerprint density at radius 2 is 1.67 bits per heavy atom. The average molecular weight is 582 g/mol. The van der Waals surface area contributed by atoms with Crippen molar-refractivity contribution in [2.45, 2.75) is 37.2 Å². The molecule has 3 aromatic rings. The number of aliphatic imine (C=N–C) groups is 2. The number of benzene rings is 3. The van der Waals surface area contributed by atoms with Crippen LogP contribution in [-0.2, 0) is 22.9 Å². The number of guanidine groups is 2. The lowest BCUT2D eigenvalue weighted by Gasteiger charge is -2.38. The summed E-state index contributed by atoms with van der Waals surface area (Å²) in [5, 5.41) is 0.273. The summed E-state index contributed by atoms with van der Waals surface area (Å²) in [6, 6.07) is 14.4. The highest BCUT2D eigenvalue weighted by molar-refractivity contribution is 7.87. The van der Waals surface area contributed by atoms with Gasteiger partial charge in [-0.25, -0.2) is 4.99 Å². The molecule has 4 rings (SSSR count). The van der Waals surface area contributed by atoms with E-state index in [0.717, 1.165) is 18.2 Å². The molecule has 1 aliphatic heterocycles. The summed E-state index contributed by atoms with van der Waals surface area (Å²) in [7, 11) is -4.52. The third-order valence-electron chi connectivity index (χ3n) is 5.57. The molecule has 3 aromatic carbocycles. The van der Waals surface area contributed by atoms with Crippen LogP contribution in [0.4, 0.5) is 18.9 Å². The maximum atomic E-state index is 13.2. The Balaban J connectivity index is 1.45. The van der Waals surface area contributed by atoms with Crippen molar-refractivity contribution in [3.63, 3.8) is 0 Å². The number of halogens is 4. The predicted molar refractivity (Wildman–Crippen MR) is 141 cm³/mol. The highest BCUT2D eigenvalue weighted by atomic mass is 35.5. The molecule has 0 saturated carbocycles. The van der Waals surface area contributed by atoms with Gasteiger partial charge < -0.3 is 20.4 Å². The number of hydrogen-bond donors (Lipinski definition) is 2. The van der Waals surface area contributed by atoms with Crippen LogP contribution >= 0.6 is 11.6 Å². The summed E-state index contributed by atoms with van der Waals surface area (Å²) >= 11 is 6.42. The SMILES string of the molecule is CC1(C)N=C(N)N=C(N)N1c1ccc(OCc2ccc(S(=O)(=O)Oc3ccccc3C(F)(F)F)cc2)c(Cl)c1. The number of nitrogens with zero attached hydrogens (tertiary/aromatic N) is 3. The first-order valence-electron chi connectivity index (χ1n) is 11.3. The summed E-state index contributed by atoms with van der Waals surface area (Å²) in [4.78, 5) is 9.63. The molecule has 9 nitrogen and oxygen atoms in total. The van der Waals surface area contributed by atoms with Crippen molar-refractivity contribution in [2.24, 2.45) is 21.5 Å². The van der Waals surface area contributed by atoms with Gasteiger partial charge >= 0.3 is 16.3 Å². The summed E-state index contributed by atoms with van der Waals surface area (Å²) in [5.74, 6) is -0.251. The van der Waals surface area contributed by atoms with Crippen LogP contribution in [0.15, 0.2) is 81.6 Å². The Bertz CT molecular complexity index is 1560. The van der Waals surface area contributed by atoms with Crippen molar-refractivity contribution >= 4 is 39.3 Å². The van der Waals surface area contributed by atoms with E-state index >= 15 is 0 Å². The van der Waals surface area contributed by atoms with Gasteiger partial charge in [0.05, 0.1) is 10.6 Å².